The third-order valence-electron chi connectivity index (χ3n) is 4.90. The molecule has 0 atom stereocenters. The number of ketones is 1. The van der Waals surface area contributed by atoms with E-state index in [4.69, 9.17) is 4.42 Å². The minimum absolute atomic E-state index is 0.0396. The second-order valence-electron chi connectivity index (χ2n) is 6.80. The summed E-state index contributed by atoms with van der Waals surface area (Å²) in [6.45, 7) is 9.65. The fraction of sp³-hybridized carbons (Fsp3) is 0.217. The van der Waals surface area contributed by atoms with E-state index in [-0.39, 0.29) is 5.78 Å². The van der Waals surface area contributed by atoms with Crippen LogP contribution >= 0.6 is 0 Å². The first-order valence-electron chi connectivity index (χ1n) is 8.82. The highest BCUT2D eigenvalue weighted by Gasteiger charge is 2.20. The van der Waals surface area contributed by atoms with Crippen molar-refractivity contribution in [1.29, 1.82) is 5.26 Å². The van der Waals surface area contributed by atoms with Gasteiger partial charge in [-0.2, -0.15) is 5.26 Å². The first kappa shape index (κ1) is 18.5. The van der Waals surface area contributed by atoms with Crippen LogP contribution in [-0.4, -0.2) is 10.4 Å². The number of furan rings is 1. The van der Waals surface area contributed by atoms with Gasteiger partial charge in [-0.15, -0.1) is 0 Å². The van der Waals surface area contributed by atoms with Crippen LogP contribution in [0.4, 0.5) is 0 Å². The Labute approximate surface area is 159 Å². The van der Waals surface area contributed by atoms with E-state index in [0.29, 0.717) is 17.0 Å². The van der Waals surface area contributed by atoms with E-state index in [2.05, 4.69) is 6.07 Å². The van der Waals surface area contributed by atoms with Crippen molar-refractivity contribution in [2.24, 2.45) is 0 Å². The van der Waals surface area contributed by atoms with Crippen molar-refractivity contribution in [2.45, 2.75) is 34.6 Å². The molecule has 3 rings (SSSR count). The lowest BCUT2D eigenvalue weighted by Gasteiger charge is -2.06. The largest absolute Gasteiger partial charge is 0.443 e. The lowest BCUT2D eigenvalue weighted by atomic mass is 10.1. The summed E-state index contributed by atoms with van der Waals surface area (Å²) in [5.74, 6) is 1.23. The maximum atomic E-state index is 12.4. The standard InChI is InChI=1S/C23H22N2O2/c1-14-6-8-19(9-7-14)22(26)11-10-20-12-15(2)25(17(20)4)23-21(13-24)16(3)18(5)27-23/h6-12H,1-5H3/b11-10+. The Bertz CT molecular complexity index is 1090. The molecule has 0 aliphatic rings. The molecule has 0 aliphatic carbocycles. The molecule has 2 heterocycles. The SMILES string of the molecule is Cc1ccc(C(=O)/C=C/c2cc(C)n(-c3oc(C)c(C)c3C#N)c2C)cc1. The van der Waals surface area contributed by atoms with Gasteiger partial charge >= 0.3 is 0 Å². The Hall–Kier alpha value is -3.32. The lowest BCUT2D eigenvalue weighted by Crippen LogP contribution is -2.00. The number of allylic oxidation sites excluding steroid dienone is 1. The van der Waals surface area contributed by atoms with Gasteiger partial charge in [0.25, 0.3) is 0 Å². The Kier molecular flexibility index (Phi) is 4.87. The third kappa shape index (κ3) is 3.37. The van der Waals surface area contributed by atoms with Gasteiger partial charge in [0.05, 0.1) is 0 Å². The number of aryl methyl sites for hydroxylation is 3. The molecule has 0 N–H and O–H groups in total. The summed E-state index contributed by atoms with van der Waals surface area (Å²) in [4.78, 5) is 12.4. The van der Waals surface area contributed by atoms with Crippen LogP contribution in [0.5, 0.6) is 0 Å². The molecule has 0 amide bonds. The number of rotatable bonds is 4. The van der Waals surface area contributed by atoms with Crippen molar-refractivity contribution in [3.05, 3.63) is 81.4 Å². The van der Waals surface area contributed by atoms with Gasteiger partial charge < -0.3 is 4.42 Å². The van der Waals surface area contributed by atoms with Crippen LogP contribution in [0.3, 0.4) is 0 Å². The van der Waals surface area contributed by atoms with Crippen LogP contribution in [0, 0.1) is 45.9 Å². The zero-order valence-electron chi connectivity index (χ0n) is 16.3. The number of carbonyl (C=O) groups is 1. The molecule has 1 aromatic carbocycles. The Balaban J connectivity index is 1.97. The van der Waals surface area contributed by atoms with Crippen molar-refractivity contribution < 1.29 is 9.21 Å². The molecule has 4 heteroatoms. The number of hydrogen-bond donors (Lipinski definition) is 0. The predicted octanol–water partition coefficient (Wildman–Crippen LogP) is 5.38. The maximum Gasteiger partial charge on any atom is 0.222 e. The van der Waals surface area contributed by atoms with Crippen LogP contribution < -0.4 is 0 Å². The fourth-order valence-corrected chi connectivity index (χ4v) is 3.15. The highest BCUT2D eigenvalue weighted by molar-refractivity contribution is 6.06. The molecular formula is C23H22N2O2. The van der Waals surface area contributed by atoms with E-state index < -0.39 is 0 Å². The first-order chi connectivity index (χ1) is 12.8. The summed E-state index contributed by atoms with van der Waals surface area (Å²) in [6.07, 6.45) is 3.40. The molecule has 4 nitrogen and oxygen atoms in total. The van der Waals surface area contributed by atoms with Crippen molar-refractivity contribution in [3.63, 3.8) is 0 Å². The van der Waals surface area contributed by atoms with Crippen LogP contribution in [-0.2, 0) is 0 Å². The van der Waals surface area contributed by atoms with Gasteiger partial charge in [-0.1, -0.05) is 29.8 Å². The van der Waals surface area contributed by atoms with Gasteiger partial charge in [0.2, 0.25) is 5.88 Å². The Morgan fingerprint density at radius 3 is 2.41 bits per heavy atom. The number of aromatic nitrogens is 1. The normalized spacial score (nSPS) is 11.1. The molecule has 27 heavy (non-hydrogen) atoms. The van der Waals surface area contributed by atoms with Gasteiger partial charge in [0, 0.05) is 22.5 Å². The van der Waals surface area contributed by atoms with Crippen molar-refractivity contribution in [2.75, 3.05) is 0 Å². The quantitative estimate of drug-likeness (QED) is 0.465. The zero-order valence-corrected chi connectivity index (χ0v) is 16.3. The number of nitriles is 1. The Morgan fingerprint density at radius 1 is 1.11 bits per heavy atom. The molecule has 0 unspecified atom stereocenters. The van der Waals surface area contributed by atoms with Crippen molar-refractivity contribution >= 4 is 11.9 Å². The molecule has 0 aliphatic heterocycles. The van der Waals surface area contributed by atoms with Crippen molar-refractivity contribution in [3.8, 4) is 12.0 Å². The molecular weight excluding hydrogens is 336 g/mol. The van der Waals surface area contributed by atoms with Gasteiger partial charge in [-0.05, 0) is 58.4 Å². The maximum absolute atomic E-state index is 12.4. The van der Waals surface area contributed by atoms with Crippen LogP contribution in [0.25, 0.3) is 12.0 Å². The number of nitrogens with zero attached hydrogens (tertiary/aromatic N) is 2. The van der Waals surface area contributed by atoms with E-state index in [1.807, 2.05) is 75.6 Å². The summed E-state index contributed by atoms with van der Waals surface area (Å²) in [6, 6.07) is 11.7. The average molecular weight is 358 g/mol. The highest BCUT2D eigenvalue weighted by atomic mass is 16.4. The zero-order chi connectivity index (χ0) is 19.7. The molecule has 0 saturated heterocycles. The average Bonchev–Trinajstić information content (AvgIpc) is 3.08. The smallest absolute Gasteiger partial charge is 0.222 e. The molecule has 0 bridgehead atoms. The third-order valence-corrected chi connectivity index (χ3v) is 4.90. The predicted molar refractivity (Wildman–Crippen MR) is 106 cm³/mol. The second kappa shape index (κ2) is 7.13. The van der Waals surface area contributed by atoms with Gasteiger partial charge in [0.1, 0.15) is 17.4 Å². The van der Waals surface area contributed by atoms with E-state index in [1.165, 1.54) is 0 Å². The molecule has 3 aromatic rings. The summed E-state index contributed by atoms with van der Waals surface area (Å²) in [5.41, 5.74) is 5.97. The minimum Gasteiger partial charge on any atom is -0.443 e. The van der Waals surface area contributed by atoms with Crippen LogP contribution in [0.15, 0.2) is 40.8 Å². The Morgan fingerprint density at radius 2 is 1.78 bits per heavy atom. The number of carbonyl (C=O) groups excluding carboxylic acids is 1. The number of hydrogen-bond acceptors (Lipinski definition) is 3. The molecule has 0 radical (unpaired) electrons. The highest BCUT2D eigenvalue weighted by Crippen LogP contribution is 2.29. The van der Waals surface area contributed by atoms with Gasteiger partial charge in [0.15, 0.2) is 5.78 Å². The summed E-state index contributed by atoms with van der Waals surface area (Å²) < 4.78 is 7.78. The first-order valence-corrected chi connectivity index (χ1v) is 8.82. The van der Waals surface area contributed by atoms with Crippen molar-refractivity contribution in [1.82, 2.24) is 4.57 Å². The van der Waals surface area contributed by atoms with E-state index in [9.17, 15) is 10.1 Å². The molecule has 0 saturated carbocycles. The minimum atomic E-state index is -0.0396. The van der Waals surface area contributed by atoms with Crippen LogP contribution in [0.1, 0.15) is 49.8 Å². The van der Waals surface area contributed by atoms with E-state index in [0.717, 1.165) is 33.8 Å². The van der Waals surface area contributed by atoms with Gasteiger partial charge in [-0.3, -0.25) is 9.36 Å². The van der Waals surface area contributed by atoms with Gasteiger partial charge in [-0.25, -0.2) is 0 Å². The van der Waals surface area contributed by atoms with E-state index >= 15 is 0 Å². The lowest BCUT2D eigenvalue weighted by molar-refractivity contribution is 0.104. The molecule has 0 fully saturated rings. The van der Waals surface area contributed by atoms with E-state index in [1.54, 1.807) is 6.08 Å². The summed E-state index contributed by atoms with van der Waals surface area (Å²) >= 11 is 0. The molecule has 136 valence electrons. The van der Waals surface area contributed by atoms with Crippen LogP contribution in [0.2, 0.25) is 0 Å². The fourth-order valence-electron chi connectivity index (χ4n) is 3.15. The topological polar surface area (TPSA) is 58.9 Å². The molecule has 2 aromatic heterocycles. The monoisotopic (exact) mass is 358 g/mol. The molecule has 0 spiro atoms. The summed E-state index contributed by atoms with van der Waals surface area (Å²) in [5, 5.41) is 9.50. The summed E-state index contributed by atoms with van der Waals surface area (Å²) in [7, 11) is 0. The second-order valence-corrected chi connectivity index (χ2v) is 6.80. The number of benzene rings is 1.